The van der Waals surface area contributed by atoms with Crippen molar-refractivity contribution in [1.82, 2.24) is 15.1 Å². The van der Waals surface area contributed by atoms with Crippen LogP contribution in [0.3, 0.4) is 0 Å². The van der Waals surface area contributed by atoms with Gasteiger partial charge in [-0.3, -0.25) is 9.69 Å². The molecule has 3 aliphatic rings. The molecule has 1 saturated heterocycles. The zero-order chi connectivity index (χ0) is 22.6. The molecule has 2 atom stereocenters. The van der Waals surface area contributed by atoms with Gasteiger partial charge in [0.25, 0.3) is 0 Å². The van der Waals surface area contributed by atoms with E-state index in [4.69, 9.17) is 0 Å². The van der Waals surface area contributed by atoms with Gasteiger partial charge < -0.3 is 10.2 Å². The predicted molar refractivity (Wildman–Crippen MR) is 134 cm³/mol. The molecule has 5 rings (SSSR count). The molecule has 2 aromatic rings. The predicted octanol–water partition coefficient (Wildman–Crippen LogP) is 4.30. The Morgan fingerprint density at radius 1 is 0.970 bits per heavy atom. The summed E-state index contributed by atoms with van der Waals surface area (Å²) >= 11 is 0. The lowest BCUT2D eigenvalue weighted by atomic mass is 9.88. The van der Waals surface area contributed by atoms with Crippen LogP contribution >= 0.6 is 0 Å². The van der Waals surface area contributed by atoms with Gasteiger partial charge >= 0.3 is 0 Å². The number of allylic oxidation sites excluding steroid dienone is 2. The van der Waals surface area contributed by atoms with Crippen LogP contribution in [0.15, 0.2) is 77.9 Å². The molecular formula is C29H35N3O. The van der Waals surface area contributed by atoms with Crippen molar-refractivity contribution >= 4 is 5.91 Å². The van der Waals surface area contributed by atoms with E-state index in [1.165, 1.54) is 35.1 Å². The van der Waals surface area contributed by atoms with Gasteiger partial charge in [0.1, 0.15) is 0 Å². The topological polar surface area (TPSA) is 35.6 Å². The number of carbonyl (C=O) groups is 1. The Bertz CT molecular complexity index is 1030. The molecule has 1 heterocycles. The Hall–Kier alpha value is -2.69. The minimum Gasteiger partial charge on any atom is -0.339 e. The van der Waals surface area contributed by atoms with Gasteiger partial charge in [0.15, 0.2) is 0 Å². The van der Waals surface area contributed by atoms with Crippen molar-refractivity contribution in [3.05, 3.63) is 94.6 Å². The lowest BCUT2D eigenvalue weighted by Gasteiger charge is -2.41. The molecule has 33 heavy (non-hydrogen) atoms. The summed E-state index contributed by atoms with van der Waals surface area (Å²) in [5, 5.41) is 3.26. The first kappa shape index (κ1) is 22.1. The highest BCUT2D eigenvalue weighted by Gasteiger charge is 2.34. The second-order valence-corrected chi connectivity index (χ2v) is 9.49. The van der Waals surface area contributed by atoms with E-state index in [1.54, 1.807) is 5.57 Å². The zero-order valence-electron chi connectivity index (χ0n) is 19.7. The summed E-state index contributed by atoms with van der Waals surface area (Å²) < 4.78 is 0. The number of rotatable bonds is 5. The van der Waals surface area contributed by atoms with Crippen molar-refractivity contribution in [2.75, 3.05) is 33.2 Å². The maximum absolute atomic E-state index is 13.3. The second-order valence-electron chi connectivity index (χ2n) is 9.49. The highest BCUT2D eigenvalue weighted by molar-refractivity contribution is 5.82. The molecule has 1 fully saturated rings. The highest BCUT2D eigenvalue weighted by atomic mass is 16.2. The Balaban J connectivity index is 1.31. The molecule has 0 spiro atoms. The third-order valence-electron chi connectivity index (χ3n) is 7.58. The van der Waals surface area contributed by atoms with Crippen molar-refractivity contribution < 1.29 is 4.79 Å². The number of carbonyl (C=O) groups excluding carboxylic acids is 1. The Morgan fingerprint density at radius 2 is 1.73 bits per heavy atom. The van der Waals surface area contributed by atoms with E-state index in [0.29, 0.717) is 6.04 Å². The van der Waals surface area contributed by atoms with Crippen LogP contribution in [0.4, 0.5) is 0 Å². The van der Waals surface area contributed by atoms with E-state index in [0.717, 1.165) is 45.4 Å². The molecule has 0 bridgehead atoms. The van der Waals surface area contributed by atoms with Gasteiger partial charge in [0.2, 0.25) is 5.91 Å². The molecular weight excluding hydrogens is 406 g/mol. The summed E-state index contributed by atoms with van der Waals surface area (Å²) in [4.78, 5) is 18.0. The molecule has 2 unspecified atom stereocenters. The normalized spacial score (nSPS) is 21.8. The Labute approximate surface area is 198 Å². The third-order valence-corrected chi connectivity index (χ3v) is 7.58. The molecule has 172 valence electrons. The summed E-state index contributed by atoms with van der Waals surface area (Å²) in [5.41, 5.74) is 7.30. The Morgan fingerprint density at radius 3 is 2.52 bits per heavy atom. The summed E-state index contributed by atoms with van der Waals surface area (Å²) in [5.74, 6) is 0.222. The number of hydrogen-bond acceptors (Lipinski definition) is 3. The number of aryl methyl sites for hydroxylation is 1. The molecule has 2 aliphatic carbocycles. The van der Waals surface area contributed by atoms with Crippen LogP contribution in [0.2, 0.25) is 0 Å². The van der Waals surface area contributed by atoms with Crippen molar-refractivity contribution in [2.24, 2.45) is 0 Å². The standard InChI is InChI=1S/C29H35N3O/c1-30-27(21-22-9-3-2-4-10-22)29(33)32-19-17-31(18-20-32)28-25-13-7-5-11-23(25)15-16-24-12-6-8-14-26(24)28/h2-5,7-11,13-14,27-28,30H,6,12,15-21H2,1H3. The maximum Gasteiger partial charge on any atom is 0.240 e. The summed E-state index contributed by atoms with van der Waals surface area (Å²) in [6.45, 7) is 3.40. The van der Waals surface area contributed by atoms with E-state index < -0.39 is 0 Å². The summed E-state index contributed by atoms with van der Waals surface area (Å²) in [6, 6.07) is 19.4. The number of nitrogens with one attached hydrogen (secondary N) is 1. The van der Waals surface area contributed by atoms with Gasteiger partial charge in [-0.05, 0) is 61.4 Å². The van der Waals surface area contributed by atoms with Crippen LogP contribution < -0.4 is 5.32 Å². The van der Waals surface area contributed by atoms with Gasteiger partial charge in [-0.2, -0.15) is 0 Å². The van der Waals surface area contributed by atoms with Gasteiger partial charge in [-0.25, -0.2) is 0 Å². The fourth-order valence-corrected chi connectivity index (χ4v) is 5.74. The quantitative estimate of drug-likeness (QED) is 0.752. The maximum atomic E-state index is 13.3. The smallest absolute Gasteiger partial charge is 0.240 e. The summed E-state index contributed by atoms with van der Waals surface area (Å²) in [7, 11) is 1.90. The molecule has 1 N–H and O–H groups in total. The molecule has 4 nitrogen and oxygen atoms in total. The second kappa shape index (κ2) is 10.1. The molecule has 0 saturated carbocycles. The van der Waals surface area contributed by atoms with Gasteiger partial charge in [-0.15, -0.1) is 0 Å². The third kappa shape index (κ3) is 4.68. The molecule has 4 heteroatoms. The largest absolute Gasteiger partial charge is 0.339 e. The van der Waals surface area contributed by atoms with Crippen LogP contribution in [-0.4, -0.2) is 55.0 Å². The number of likely N-dealkylation sites (N-methyl/N-ethyl adjacent to an activating group) is 1. The molecule has 0 aromatic heterocycles. The summed E-state index contributed by atoms with van der Waals surface area (Å²) in [6.07, 6.45) is 10.1. The Kier molecular flexibility index (Phi) is 6.75. The van der Waals surface area contributed by atoms with Crippen LogP contribution in [0, 0.1) is 0 Å². The first-order valence-electron chi connectivity index (χ1n) is 12.4. The lowest BCUT2D eigenvalue weighted by molar-refractivity contribution is -0.135. The molecule has 1 amide bonds. The molecule has 2 aromatic carbocycles. The number of nitrogens with zero attached hydrogens (tertiary/aromatic N) is 2. The van der Waals surface area contributed by atoms with Crippen LogP contribution in [0.1, 0.15) is 42.0 Å². The number of amides is 1. The average molecular weight is 442 g/mol. The zero-order valence-corrected chi connectivity index (χ0v) is 19.7. The first-order valence-corrected chi connectivity index (χ1v) is 12.4. The minimum atomic E-state index is -0.173. The van der Waals surface area contributed by atoms with Gasteiger partial charge in [0.05, 0.1) is 12.1 Å². The van der Waals surface area contributed by atoms with E-state index in [-0.39, 0.29) is 11.9 Å². The van der Waals surface area contributed by atoms with Crippen LogP contribution in [0.25, 0.3) is 0 Å². The lowest BCUT2D eigenvalue weighted by Crippen LogP contribution is -2.54. The monoisotopic (exact) mass is 441 g/mol. The average Bonchev–Trinajstić information content (AvgIpc) is 3.04. The number of hydrogen-bond donors (Lipinski definition) is 1. The first-order chi connectivity index (χ1) is 16.2. The number of piperazine rings is 1. The molecule has 0 radical (unpaired) electrons. The van der Waals surface area contributed by atoms with Crippen molar-refractivity contribution in [2.45, 2.75) is 44.2 Å². The SMILES string of the molecule is CNC(Cc1ccccc1)C(=O)N1CCN(C2C3=C(CCC=C3)CCc3ccccc32)CC1. The minimum absolute atomic E-state index is 0.173. The van der Waals surface area contributed by atoms with Crippen molar-refractivity contribution in [3.8, 4) is 0 Å². The van der Waals surface area contributed by atoms with E-state index in [9.17, 15) is 4.79 Å². The van der Waals surface area contributed by atoms with Gasteiger partial charge in [-0.1, -0.05) is 72.3 Å². The highest BCUT2D eigenvalue weighted by Crippen LogP contribution is 2.41. The van der Waals surface area contributed by atoms with Crippen molar-refractivity contribution in [3.63, 3.8) is 0 Å². The fourth-order valence-electron chi connectivity index (χ4n) is 5.74. The van der Waals surface area contributed by atoms with E-state index in [1.807, 2.05) is 25.2 Å². The fraction of sp³-hybridized carbons (Fsp3) is 0.414. The molecule has 1 aliphatic heterocycles. The van der Waals surface area contributed by atoms with E-state index in [2.05, 4.69) is 63.7 Å². The van der Waals surface area contributed by atoms with Crippen LogP contribution in [0.5, 0.6) is 0 Å². The van der Waals surface area contributed by atoms with Gasteiger partial charge in [0, 0.05) is 26.2 Å². The number of fused-ring (bicyclic) bond motifs is 1. The van der Waals surface area contributed by atoms with Crippen LogP contribution in [-0.2, 0) is 17.6 Å². The number of benzene rings is 2. The van der Waals surface area contributed by atoms with Crippen molar-refractivity contribution in [1.29, 1.82) is 0 Å². The van der Waals surface area contributed by atoms with E-state index >= 15 is 0 Å².